The lowest BCUT2D eigenvalue weighted by Gasteiger charge is -2.42. The lowest BCUT2D eigenvalue weighted by molar-refractivity contribution is -0.0390. The largest absolute Gasteiger partial charge is 0.378 e. The number of morpholine rings is 1. The fourth-order valence-corrected chi connectivity index (χ4v) is 2.71. The summed E-state index contributed by atoms with van der Waals surface area (Å²) in [6.07, 6.45) is 1.19. The molecule has 0 aromatic carbocycles. The Labute approximate surface area is 113 Å². The number of nitrogens with one attached hydrogen (secondary N) is 1. The number of hydrogen-bond donors (Lipinski definition) is 1. The molecule has 0 spiro atoms. The van der Waals surface area contributed by atoms with Crippen LogP contribution in [0.4, 0.5) is 0 Å². The Morgan fingerprint density at radius 3 is 2.50 bits per heavy atom. The van der Waals surface area contributed by atoms with E-state index in [9.17, 15) is 0 Å². The van der Waals surface area contributed by atoms with Crippen molar-refractivity contribution in [3.63, 3.8) is 0 Å². The van der Waals surface area contributed by atoms with Crippen LogP contribution in [-0.2, 0) is 4.74 Å². The van der Waals surface area contributed by atoms with Crippen LogP contribution in [0.2, 0.25) is 0 Å². The van der Waals surface area contributed by atoms with E-state index in [1.807, 2.05) is 0 Å². The van der Waals surface area contributed by atoms with Crippen molar-refractivity contribution in [1.82, 2.24) is 10.2 Å². The zero-order chi connectivity index (χ0) is 13.5. The fraction of sp³-hybridized carbons (Fsp3) is 1.00. The maximum absolute atomic E-state index is 5.61. The first-order valence-electron chi connectivity index (χ1n) is 7.60. The third kappa shape index (κ3) is 4.87. The molecule has 1 rings (SSSR count). The van der Waals surface area contributed by atoms with Gasteiger partial charge in [0.05, 0.1) is 13.2 Å². The molecule has 1 fully saturated rings. The Hall–Kier alpha value is -0.120. The summed E-state index contributed by atoms with van der Waals surface area (Å²) in [4.78, 5) is 2.67. The van der Waals surface area contributed by atoms with Gasteiger partial charge in [-0.25, -0.2) is 0 Å². The summed E-state index contributed by atoms with van der Waals surface area (Å²) in [6, 6.07) is 1.24. The van der Waals surface area contributed by atoms with Gasteiger partial charge in [-0.05, 0) is 24.8 Å². The predicted molar refractivity (Wildman–Crippen MR) is 77.9 cm³/mol. The van der Waals surface area contributed by atoms with Crippen LogP contribution in [0.1, 0.15) is 41.0 Å². The van der Waals surface area contributed by atoms with Gasteiger partial charge in [0.25, 0.3) is 0 Å². The molecule has 1 aliphatic heterocycles. The van der Waals surface area contributed by atoms with Gasteiger partial charge in [-0.1, -0.05) is 34.6 Å². The molecule has 1 saturated heterocycles. The van der Waals surface area contributed by atoms with Crippen molar-refractivity contribution in [3.05, 3.63) is 0 Å². The summed E-state index contributed by atoms with van der Waals surface area (Å²) in [5.41, 5.74) is 0. The first kappa shape index (κ1) is 15.9. The Bertz CT molecular complexity index is 219. The van der Waals surface area contributed by atoms with Gasteiger partial charge in [-0.15, -0.1) is 0 Å². The first-order valence-corrected chi connectivity index (χ1v) is 7.60. The van der Waals surface area contributed by atoms with Gasteiger partial charge in [0, 0.05) is 25.2 Å². The van der Waals surface area contributed by atoms with E-state index in [1.165, 1.54) is 6.42 Å². The highest BCUT2D eigenvalue weighted by molar-refractivity contribution is 4.84. The Morgan fingerprint density at radius 2 is 1.94 bits per heavy atom. The molecule has 0 radical (unpaired) electrons. The summed E-state index contributed by atoms with van der Waals surface area (Å²) < 4.78 is 5.61. The highest BCUT2D eigenvalue weighted by Crippen LogP contribution is 2.19. The Kier molecular flexibility index (Phi) is 7.20. The van der Waals surface area contributed by atoms with E-state index in [-0.39, 0.29) is 0 Å². The smallest absolute Gasteiger partial charge is 0.0622 e. The first-order chi connectivity index (χ1) is 8.56. The van der Waals surface area contributed by atoms with Crippen LogP contribution in [-0.4, -0.2) is 49.8 Å². The van der Waals surface area contributed by atoms with E-state index in [4.69, 9.17) is 4.74 Å². The second-order valence-electron chi connectivity index (χ2n) is 6.24. The van der Waals surface area contributed by atoms with Crippen molar-refractivity contribution >= 4 is 0 Å². The molecule has 0 aliphatic carbocycles. The summed E-state index contributed by atoms with van der Waals surface area (Å²) in [5, 5.41) is 3.63. The molecule has 108 valence electrons. The van der Waals surface area contributed by atoms with Gasteiger partial charge in [0.2, 0.25) is 0 Å². The van der Waals surface area contributed by atoms with E-state index in [1.54, 1.807) is 0 Å². The molecular formula is C15H32N2O. The zero-order valence-electron chi connectivity index (χ0n) is 12.9. The third-order valence-corrected chi connectivity index (χ3v) is 3.85. The lowest BCUT2D eigenvalue weighted by atomic mass is 9.98. The molecule has 18 heavy (non-hydrogen) atoms. The summed E-state index contributed by atoms with van der Waals surface area (Å²) in [7, 11) is 0. The predicted octanol–water partition coefficient (Wildman–Crippen LogP) is 2.37. The van der Waals surface area contributed by atoms with E-state index >= 15 is 0 Å². The molecule has 1 heterocycles. The average Bonchev–Trinajstić information content (AvgIpc) is 2.34. The standard InChI is InChI=1S/C15H32N2O/c1-6-14-11-18-8-7-17(14)15(13(4)5)10-16-9-12(2)3/h12-16H,6-11H2,1-5H3. The minimum Gasteiger partial charge on any atom is -0.378 e. The second kappa shape index (κ2) is 8.13. The highest BCUT2D eigenvalue weighted by atomic mass is 16.5. The molecule has 0 saturated carbocycles. The molecule has 1 N–H and O–H groups in total. The minimum atomic E-state index is 0.604. The fourth-order valence-electron chi connectivity index (χ4n) is 2.71. The SMILES string of the molecule is CCC1COCCN1C(CNCC(C)C)C(C)C. The molecule has 0 bridgehead atoms. The van der Waals surface area contributed by atoms with Gasteiger partial charge < -0.3 is 10.1 Å². The van der Waals surface area contributed by atoms with Gasteiger partial charge in [0.1, 0.15) is 0 Å². The zero-order valence-corrected chi connectivity index (χ0v) is 12.9. The molecule has 3 nitrogen and oxygen atoms in total. The molecule has 0 aromatic rings. The van der Waals surface area contributed by atoms with Crippen molar-refractivity contribution < 1.29 is 4.74 Å². The number of hydrogen-bond acceptors (Lipinski definition) is 3. The quantitative estimate of drug-likeness (QED) is 0.757. The highest BCUT2D eigenvalue weighted by Gasteiger charge is 2.29. The molecule has 0 amide bonds. The van der Waals surface area contributed by atoms with E-state index in [0.29, 0.717) is 18.0 Å². The van der Waals surface area contributed by atoms with Crippen LogP contribution in [0.25, 0.3) is 0 Å². The second-order valence-corrected chi connectivity index (χ2v) is 6.24. The van der Waals surface area contributed by atoms with Crippen LogP contribution in [0.3, 0.4) is 0 Å². The summed E-state index contributed by atoms with van der Waals surface area (Å²) in [6.45, 7) is 16.6. The molecule has 1 aliphatic rings. The maximum atomic E-state index is 5.61. The molecule has 3 heteroatoms. The number of nitrogens with zero attached hydrogens (tertiary/aromatic N) is 1. The van der Waals surface area contributed by atoms with Gasteiger partial charge in [-0.2, -0.15) is 0 Å². The van der Waals surface area contributed by atoms with E-state index in [0.717, 1.165) is 38.8 Å². The van der Waals surface area contributed by atoms with E-state index in [2.05, 4.69) is 44.8 Å². The summed E-state index contributed by atoms with van der Waals surface area (Å²) >= 11 is 0. The van der Waals surface area contributed by atoms with Crippen molar-refractivity contribution in [2.75, 3.05) is 32.8 Å². The Balaban J connectivity index is 2.53. The maximum Gasteiger partial charge on any atom is 0.0622 e. The van der Waals surface area contributed by atoms with Crippen LogP contribution in [0.5, 0.6) is 0 Å². The van der Waals surface area contributed by atoms with Crippen molar-refractivity contribution in [3.8, 4) is 0 Å². The molecule has 2 atom stereocenters. The monoisotopic (exact) mass is 256 g/mol. The van der Waals surface area contributed by atoms with Crippen LogP contribution >= 0.6 is 0 Å². The Morgan fingerprint density at radius 1 is 1.22 bits per heavy atom. The molecule has 2 unspecified atom stereocenters. The van der Waals surface area contributed by atoms with Crippen LogP contribution in [0.15, 0.2) is 0 Å². The molecule has 0 aromatic heterocycles. The van der Waals surface area contributed by atoms with E-state index < -0.39 is 0 Å². The van der Waals surface area contributed by atoms with Crippen LogP contribution < -0.4 is 5.32 Å². The average molecular weight is 256 g/mol. The number of ether oxygens (including phenoxy) is 1. The normalized spacial score (nSPS) is 23.8. The third-order valence-electron chi connectivity index (χ3n) is 3.85. The van der Waals surface area contributed by atoms with Crippen molar-refractivity contribution in [2.45, 2.75) is 53.1 Å². The van der Waals surface area contributed by atoms with Crippen molar-refractivity contribution in [2.24, 2.45) is 11.8 Å². The summed E-state index contributed by atoms with van der Waals surface area (Å²) in [5.74, 6) is 1.42. The minimum absolute atomic E-state index is 0.604. The van der Waals surface area contributed by atoms with Crippen LogP contribution in [0, 0.1) is 11.8 Å². The van der Waals surface area contributed by atoms with Gasteiger partial charge >= 0.3 is 0 Å². The van der Waals surface area contributed by atoms with Crippen molar-refractivity contribution in [1.29, 1.82) is 0 Å². The topological polar surface area (TPSA) is 24.5 Å². The molecular weight excluding hydrogens is 224 g/mol. The van der Waals surface area contributed by atoms with Gasteiger partial charge in [0.15, 0.2) is 0 Å². The number of rotatable bonds is 7. The lowest BCUT2D eigenvalue weighted by Crippen LogP contribution is -2.55. The van der Waals surface area contributed by atoms with Gasteiger partial charge in [-0.3, -0.25) is 4.90 Å².